The number of hydrazine groups is 1. The fraction of sp³-hybridized carbons (Fsp3) is 0.943. The van der Waals surface area contributed by atoms with Crippen molar-refractivity contribution in [3.63, 3.8) is 0 Å². The van der Waals surface area contributed by atoms with Crippen molar-refractivity contribution in [1.29, 1.82) is 0 Å². The SMILES string of the molecule is CCCCCCCN1C(C(=O)OC)C(NC(=O)C2CC(CCCCC)C(N3CCNC3C(C)CCC)NN2)CC(F)C1C1CC1. The highest BCUT2D eigenvalue weighted by Gasteiger charge is 2.52. The topological polar surface area (TPSA) is 98.0 Å². The molecule has 4 rings (SSSR count). The van der Waals surface area contributed by atoms with Crippen LogP contribution in [-0.4, -0.2) is 91.1 Å². The molecule has 3 aliphatic heterocycles. The fourth-order valence-corrected chi connectivity index (χ4v) is 8.47. The van der Waals surface area contributed by atoms with E-state index in [0.29, 0.717) is 31.0 Å². The van der Waals surface area contributed by atoms with E-state index in [1.165, 1.54) is 26.4 Å². The van der Waals surface area contributed by atoms with Crippen LogP contribution < -0.4 is 21.5 Å². The first-order valence-corrected chi connectivity index (χ1v) is 18.6. The van der Waals surface area contributed by atoms with Gasteiger partial charge in [0.05, 0.1) is 25.5 Å². The third-order valence-corrected chi connectivity index (χ3v) is 11.0. The van der Waals surface area contributed by atoms with Crippen LogP contribution in [0.15, 0.2) is 0 Å². The minimum atomic E-state index is -1.08. The highest BCUT2D eigenvalue weighted by molar-refractivity contribution is 5.84. The first-order chi connectivity index (χ1) is 21.8. The van der Waals surface area contributed by atoms with Gasteiger partial charge in [-0.05, 0) is 62.8 Å². The van der Waals surface area contributed by atoms with E-state index in [0.717, 1.165) is 77.3 Å². The monoisotopic (exact) mass is 637 g/mol. The lowest BCUT2D eigenvalue weighted by Gasteiger charge is -2.48. The Morgan fingerprint density at radius 2 is 1.71 bits per heavy atom. The number of piperidine rings is 1. The maximum absolute atomic E-state index is 15.9. The third-order valence-electron chi connectivity index (χ3n) is 11.0. The van der Waals surface area contributed by atoms with Crippen LogP contribution in [0.3, 0.4) is 0 Å². The number of unbranched alkanes of at least 4 members (excludes halogenated alkanes) is 6. The van der Waals surface area contributed by atoms with E-state index >= 15 is 4.39 Å². The highest BCUT2D eigenvalue weighted by Crippen LogP contribution is 2.43. The van der Waals surface area contributed by atoms with Crippen LogP contribution in [0.4, 0.5) is 4.39 Å². The first-order valence-electron chi connectivity index (χ1n) is 18.6. The van der Waals surface area contributed by atoms with Gasteiger partial charge in [-0.1, -0.05) is 79.1 Å². The molecule has 4 aliphatic rings. The molecule has 1 aliphatic carbocycles. The molecule has 0 bridgehead atoms. The van der Waals surface area contributed by atoms with Gasteiger partial charge in [0.15, 0.2) is 0 Å². The molecule has 45 heavy (non-hydrogen) atoms. The number of alkyl halides is 1. The minimum absolute atomic E-state index is 0.139. The van der Waals surface area contributed by atoms with E-state index in [1.807, 2.05) is 0 Å². The smallest absolute Gasteiger partial charge is 0.325 e. The summed E-state index contributed by atoms with van der Waals surface area (Å²) in [6.45, 7) is 11.6. The Balaban J connectivity index is 1.46. The summed E-state index contributed by atoms with van der Waals surface area (Å²) in [5, 5.41) is 6.90. The number of hydrogen-bond acceptors (Lipinski definition) is 8. The summed E-state index contributed by atoms with van der Waals surface area (Å²) in [5.41, 5.74) is 6.93. The van der Waals surface area contributed by atoms with Crippen LogP contribution in [0.1, 0.15) is 124 Å². The van der Waals surface area contributed by atoms with E-state index in [9.17, 15) is 9.59 Å². The maximum atomic E-state index is 15.9. The second-order valence-electron chi connectivity index (χ2n) is 14.5. The van der Waals surface area contributed by atoms with Crippen molar-refractivity contribution in [2.24, 2.45) is 17.8 Å². The number of carbonyl (C=O) groups is 2. The summed E-state index contributed by atoms with van der Waals surface area (Å²) in [5.74, 6) is 0.609. The molecule has 260 valence electrons. The van der Waals surface area contributed by atoms with Gasteiger partial charge in [0.25, 0.3) is 0 Å². The van der Waals surface area contributed by atoms with Gasteiger partial charge in [-0.15, -0.1) is 0 Å². The Hall–Kier alpha value is -1.33. The standard InChI is InChI=1S/C35H65FN6O3/c1-6-9-11-12-14-20-41-30(25-17-18-25)27(36)23-28(31(41)35(44)45-5)38-34(43)29-22-26(16-13-10-7-2)33(40-39-29)42-21-19-37-32(42)24(4)15-8-3/h24-33,37,39-40H,6-23H2,1-5H3,(H,38,43). The van der Waals surface area contributed by atoms with Crippen molar-refractivity contribution in [2.45, 2.75) is 167 Å². The molecule has 0 spiro atoms. The van der Waals surface area contributed by atoms with Crippen molar-refractivity contribution >= 4 is 11.9 Å². The van der Waals surface area contributed by atoms with Crippen molar-refractivity contribution in [1.82, 2.24) is 31.3 Å². The molecule has 0 radical (unpaired) electrons. The summed E-state index contributed by atoms with van der Waals surface area (Å²) >= 11 is 0. The van der Waals surface area contributed by atoms with Crippen molar-refractivity contribution in [3.05, 3.63) is 0 Å². The number of nitrogens with one attached hydrogen (secondary N) is 4. The van der Waals surface area contributed by atoms with Crippen LogP contribution in [0.2, 0.25) is 0 Å². The summed E-state index contributed by atoms with van der Waals surface area (Å²) in [6, 6.07) is -2.01. The number of halogens is 1. The molecule has 3 saturated heterocycles. The van der Waals surface area contributed by atoms with Gasteiger partial charge < -0.3 is 15.4 Å². The minimum Gasteiger partial charge on any atom is -0.468 e. The van der Waals surface area contributed by atoms with Gasteiger partial charge in [-0.25, -0.2) is 15.2 Å². The predicted molar refractivity (Wildman–Crippen MR) is 178 cm³/mol. The molecule has 1 amide bonds. The molecule has 0 aromatic carbocycles. The zero-order chi connectivity index (χ0) is 32.3. The van der Waals surface area contributed by atoms with Crippen LogP contribution in [0.25, 0.3) is 0 Å². The zero-order valence-corrected chi connectivity index (χ0v) is 29.0. The molecular weight excluding hydrogens is 571 g/mol. The Bertz CT molecular complexity index is 909. The molecule has 9 unspecified atom stereocenters. The predicted octanol–water partition coefficient (Wildman–Crippen LogP) is 4.86. The number of nitrogens with zero attached hydrogens (tertiary/aromatic N) is 2. The van der Waals surface area contributed by atoms with Gasteiger partial charge in [-0.3, -0.25) is 19.4 Å². The molecular formula is C35H65FN6O3. The largest absolute Gasteiger partial charge is 0.468 e. The lowest BCUT2D eigenvalue weighted by Crippen LogP contribution is -2.70. The molecule has 1 saturated carbocycles. The molecule has 10 heteroatoms. The van der Waals surface area contributed by atoms with Gasteiger partial charge in [-0.2, -0.15) is 0 Å². The van der Waals surface area contributed by atoms with Crippen LogP contribution >= 0.6 is 0 Å². The Kier molecular flexibility index (Phi) is 14.8. The van der Waals surface area contributed by atoms with E-state index in [4.69, 9.17) is 4.74 Å². The van der Waals surface area contributed by atoms with Crippen LogP contribution in [-0.2, 0) is 14.3 Å². The lowest BCUT2D eigenvalue weighted by atomic mass is 9.85. The Morgan fingerprint density at radius 1 is 0.978 bits per heavy atom. The average molecular weight is 637 g/mol. The molecule has 4 N–H and O–H groups in total. The number of esters is 1. The number of amides is 1. The second kappa shape index (κ2) is 18.3. The highest BCUT2D eigenvalue weighted by atomic mass is 19.1. The van der Waals surface area contributed by atoms with E-state index < -0.39 is 24.3 Å². The maximum Gasteiger partial charge on any atom is 0.325 e. The number of hydrogen-bond donors (Lipinski definition) is 4. The Labute approximate surface area is 272 Å². The zero-order valence-electron chi connectivity index (χ0n) is 29.0. The quantitative estimate of drug-likeness (QED) is 0.125. The Morgan fingerprint density at radius 3 is 2.40 bits per heavy atom. The number of likely N-dealkylation sites (tertiary alicyclic amines) is 1. The number of ether oxygens (including phenoxy) is 1. The molecule has 3 heterocycles. The fourth-order valence-electron chi connectivity index (χ4n) is 8.47. The molecule has 4 fully saturated rings. The van der Waals surface area contributed by atoms with Gasteiger partial charge in [0.2, 0.25) is 5.91 Å². The number of carbonyl (C=O) groups excluding carboxylic acids is 2. The van der Waals surface area contributed by atoms with E-state index in [-0.39, 0.29) is 36.4 Å². The molecule has 0 aromatic rings. The molecule has 9 atom stereocenters. The second-order valence-corrected chi connectivity index (χ2v) is 14.5. The average Bonchev–Trinajstić information content (AvgIpc) is 3.74. The molecule has 0 aromatic heterocycles. The van der Waals surface area contributed by atoms with Crippen molar-refractivity contribution in [2.75, 3.05) is 26.7 Å². The van der Waals surface area contributed by atoms with E-state index in [1.54, 1.807) is 0 Å². The summed E-state index contributed by atoms with van der Waals surface area (Å²) in [6.07, 6.45) is 14.6. The number of rotatable bonds is 18. The van der Waals surface area contributed by atoms with Gasteiger partial charge >= 0.3 is 5.97 Å². The lowest BCUT2D eigenvalue weighted by molar-refractivity contribution is -0.154. The van der Waals surface area contributed by atoms with Crippen LogP contribution in [0.5, 0.6) is 0 Å². The van der Waals surface area contributed by atoms with Crippen LogP contribution in [0, 0.1) is 17.8 Å². The van der Waals surface area contributed by atoms with Gasteiger partial charge in [0.1, 0.15) is 18.3 Å². The number of methoxy groups -OCH3 is 1. The summed E-state index contributed by atoms with van der Waals surface area (Å²) in [4.78, 5) is 31.9. The van der Waals surface area contributed by atoms with Gasteiger partial charge in [0, 0.05) is 25.6 Å². The summed E-state index contributed by atoms with van der Waals surface area (Å²) in [7, 11) is 1.41. The van der Waals surface area contributed by atoms with Crippen molar-refractivity contribution in [3.8, 4) is 0 Å². The molecule has 9 nitrogen and oxygen atoms in total. The van der Waals surface area contributed by atoms with E-state index in [2.05, 4.69) is 59.0 Å². The first kappa shape index (κ1) is 36.5. The summed E-state index contributed by atoms with van der Waals surface area (Å²) < 4.78 is 21.2. The normalized spacial score (nSPS) is 33.6. The third kappa shape index (κ3) is 9.62. The van der Waals surface area contributed by atoms with Crippen molar-refractivity contribution < 1.29 is 18.7 Å².